The van der Waals surface area contributed by atoms with Crippen molar-refractivity contribution in [2.45, 2.75) is 26.9 Å². The second kappa shape index (κ2) is 8.71. The number of hydrogen-bond acceptors (Lipinski definition) is 9. The first-order valence-corrected chi connectivity index (χ1v) is 7.08. The van der Waals surface area contributed by atoms with Gasteiger partial charge in [-0.25, -0.2) is 14.2 Å². The Hall–Kier alpha value is -1.51. The van der Waals surface area contributed by atoms with Crippen LogP contribution in [0.25, 0.3) is 0 Å². The van der Waals surface area contributed by atoms with Crippen molar-refractivity contribution in [3.63, 3.8) is 0 Å². The van der Waals surface area contributed by atoms with Crippen LogP contribution in [0.15, 0.2) is 24.3 Å². The zero-order valence-electron chi connectivity index (χ0n) is 11.9. The van der Waals surface area contributed by atoms with E-state index in [0.29, 0.717) is 0 Å². The van der Waals surface area contributed by atoms with Crippen LogP contribution in [0, 0.1) is 0 Å². The minimum atomic E-state index is -4.59. The number of phosphoric acid groups is 1. The minimum absolute atomic E-state index is 0.0454. The molecule has 0 heterocycles. The van der Waals surface area contributed by atoms with Gasteiger partial charge in [0.1, 0.15) is 0 Å². The molecule has 0 saturated heterocycles. The monoisotopic (exact) mass is 324 g/mol. The topological polar surface area (TPSA) is 118 Å². The Labute approximate surface area is 121 Å². The summed E-state index contributed by atoms with van der Waals surface area (Å²) in [7, 11) is -4.59. The molecular formula is C11H17O9P. The quantitative estimate of drug-likeness (QED) is 0.292. The van der Waals surface area contributed by atoms with Crippen molar-refractivity contribution < 1.29 is 42.9 Å². The molecule has 9 nitrogen and oxygen atoms in total. The highest BCUT2D eigenvalue weighted by atomic mass is 31.2. The Balaban J connectivity index is 4.72. The molecule has 0 bridgehead atoms. The third-order valence-corrected chi connectivity index (χ3v) is 2.56. The molecule has 0 aromatic heterocycles. The van der Waals surface area contributed by atoms with Crippen LogP contribution >= 0.6 is 7.82 Å². The van der Waals surface area contributed by atoms with Gasteiger partial charge in [-0.2, -0.15) is 0 Å². The summed E-state index contributed by atoms with van der Waals surface area (Å²) < 4.78 is 25.0. The normalized spacial score (nSPS) is 12.4. The lowest BCUT2D eigenvalue weighted by Crippen LogP contribution is -2.14. The van der Waals surface area contributed by atoms with Crippen molar-refractivity contribution in [3.8, 4) is 0 Å². The van der Waals surface area contributed by atoms with E-state index in [0.717, 1.165) is 0 Å². The fourth-order valence-corrected chi connectivity index (χ4v) is 1.38. The lowest BCUT2D eigenvalue weighted by Gasteiger charge is -2.15. The summed E-state index contributed by atoms with van der Waals surface area (Å²) in [4.78, 5) is 30.5. The minimum Gasteiger partial charge on any atom is -0.391 e. The molecule has 0 aliphatic heterocycles. The third kappa shape index (κ3) is 8.38. The molecule has 0 saturated carbocycles. The summed E-state index contributed by atoms with van der Waals surface area (Å²) in [6.45, 7) is 9.99. The molecule has 1 atom stereocenters. The average molecular weight is 324 g/mol. The van der Waals surface area contributed by atoms with Crippen molar-refractivity contribution >= 4 is 19.8 Å². The first kappa shape index (κ1) is 19.5. The first-order valence-electron chi connectivity index (χ1n) is 5.62. The van der Waals surface area contributed by atoms with Gasteiger partial charge in [-0.15, -0.1) is 0 Å². The maximum absolute atomic E-state index is 12.0. The summed E-state index contributed by atoms with van der Waals surface area (Å²) in [5.74, 6) is -2.07. The van der Waals surface area contributed by atoms with Gasteiger partial charge in [0.15, 0.2) is 0 Å². The third-order valence-electron chi connectivity index (χ3n) is 1.58. The molecule has 0 aliphatic rings. The summed E-state index contributed by atoms with van der Waals surface area (Å²) >= 11 is 0. The first-order chi connectivity index (χ1) is 9.57. The summed E-state index contributed by atoms with van der Waals surface area (Å²) in [6, 6.07) is 0. The van der Waals surface area contributed by atoms with Crippen LogP contribution in [-0.4, -0.2) is 29.8 Å². The average Bonchev–Trinajstić information content (AvgIpc) is 2.39. The number of hydrogen-bond donors (Lipinski definition) is 1. The highest BCUT2D eigenvalue weighted by Crippen LogP contribution is 2.50. The van der Waals surface area contributed by atoms with E-state index in [1.165, 1.54) is 20.8 Å². The van der Waals surface area contributed by atoms with E-state index in [4.69, 9.17) is 5.11 Å². The molecule has 0 aliphatic carbocycles. The molecule has 0 radical (unpaired) electrons. The van der Waals surface area contributed by atoms with E-state index < -0.39 is 32.5 Å². The fourth-order valence-electron chi connectivity index (χ4n) is 0.556. The fraction of sp³-hybridized carbons (Fsp3) is 0.455. The van der Waals surface area contributed by atoms with E-state index in [1.807, 2.05) is 0 Å². The Morgan fingerprint density at radius 1 is 1.10 bits per heavy atom. The van der Waals surface area contributed by atoms with Crippen molar-refractivity contribution in [1.29, 1.82) is 0 Å². The van der Waals surface area contributed by atoms with Gasteiger partial charge in [0.05, 0.1) is 12.7 Å². The predicted molar refractivity (Wildman–Crippen MR) is 69.2 cm³/mol. The molecule has 0 fully saturated rings. The maximum atomic E-state index is 12.0. The van der Waals surface area contributed by atoms with Crippen LogP contribution in [0.5, 0.6) is 0 Å². The van der Waals surface area contributed by atoms with Gasteiger partial charge in [-0.3, -0.25) is 14.3 Å². The second-order valence-corrected chi connectivity index (χ2v) is 5.49. The summed E-state index contributed by atoms with van der Waals surface area (Å²) in [5.41, 5.74) is -0.0907. The molecular weight excluding hydrogens is 307 g/mol. The van der Waals surface area contributed by atoms with Gasteiger partial charge in [-0.05, 0) is 20.8 Å². The Morgan fingerprint density at radius 2 is 1.48 bits per heavy atom. The lowest BCUT2D eigenvalue weighted by atomic mass is 10.4. The van der Waals surface area contributed by atoms with E-state index >= 15 is 0 Å². The molecule has 0 aromatic rings. The van der Waals surface area contributed by atoms with Crippen LogP contribution in [0.1, 0.15) is 20.8 Å². The molecule has 1 N–H and O–H groups in total. The van der Waals surface area contributed by atoms with Crippen LogP contribution < -0.4 is 0 Å². The predicted octanol–water partition coefficient (Wildman–Crippen LogP) is 1.59. The Kier molecular flexibility index (Phi) is 8.08. The Morgan fingerprint density at radius 3 is 1.76 bits per heavy atom. The SMILES string of the molecule is C=C(C)C(=O)OOP(=O)(OCC(C)O)OOC(=O)C(=C)C. The van der Waals surface area contributed by atoms with Gasteiger partial charge in [-0.1, -0.05) is 22.5 Å². The molecule has 0 amide bonds. The molecule has 21 heavy (non-hydrogen) atoms. The maximum Gasteiger partial charge on any atom is 0.547 e. The van der Waals surface area contributed by atoms with Gasteiger partial charge in [0, 0.05) is 11.1 Å². The molecule has 10 heteroatoms. The number of carbonyl (C=O) groups is 2. The van der Waals surface area contributed by atoms with E-state index in [1.54, 1.807) is 0 Å². The number of carbonyl (C=O) groups excluding carboxylic acids is 2. The highest BCUT2D eigenvalue weighted by molar-refractivity contribution is 7.48. The van der Waals surface area contributed by atoms with Gasteiger partial charge in [0.2, 0.25) is 0 Å². The van der Waals surface area contributed by atoms with Crippen LogP contribution in [0.4, 0.5) is 0 Å². The van der Waals surface area contributed by atoms with E-state index in [-0.39, 0.29) is 11.1 Å². The van der Waals surface area contributed by atoms with Gasteiger partial charge in [0.25, 0.3) is 0 Å². The molecule has 1 unspecified atom stereocenters. The van der Waals surface area contributed by atoms with Crippen molar-refractivity contribution in [2.24, 2.45) is 0 Å². The zero-order valence-corrected chi connectivity index (χ0v) is 12.8. The van der Waals surface area contributed by atoms with E-state index in [9.17, 15) is 14.2 Å². The van der Waals surface area contributed by atoms with Crippen LogP contribution in [0.3, 0.4) is 0 Å². The van der Waals surface area contributed by atoms with Gasteiger partial charge < -0.3 is 5.11 Å². The largest absolute Gasteiger partial charge is 0.547 e. The number of aliphatic hydroxyl groups excluding tert-OH is 1. The number of rotatable bonds is 9. The molecule has 0 rings (SSSR count). The molecule has 120 valence electrons. The second-order valence-electron chi connectivity index (χ2n) is 4.04. The smallest absolute Gasteiger partial charge is 0.391 e. The van der Waals surface area contributed by atoms with Crippen LogP contribution in [0.2, 0.25) is 0 Å². The summed E-state index contributed by atoms with van der Waals surface area (Å²) in [6.07, 6.45) is -1.03. The Bertz CT molecular complexity index is 434. The molecule has 0 aromatic carbocycles. The highest BCUT2D eigenvalue weighted by Gasteiger charge is 2.34. The summed E-state index contributed by atoms with van der Waals surface area (Å²) in [5, 5.41) is 9.05. The standard InChI is InChI=1S/C11H17O9P/c1-7(2)10(13)17-19-21(15,16-6-9(5)12)20-18-11(14)8(3)4/h9,12H,1,3,6H2,2,4-5H3. The molecule has 0 spiro atoms. The van der Waals surface area contributed by atoms with Gasteiger partial charge >= 0.3 is 19.8 Å². The van der Waals surface area contributed by atoms with Crippen LogP contribution in [-0.2, 0) is 37.8 Å². The zero-order chi connectivity index (χ0) is 16.6. The number of aliphatic hydroxyl groups is 1. The van der Waals surface area contributed by atoms with Crippen molar-refractivity contribution in [2.75, 3.05) is 6.61 Å². The van der Waals surface area contributed by atoms with E-state index in [2.05, 4.69) is 36.8 Å². The van der Waals surface area contributed by atoms with Crippen molar-refractivity contribution in [1.82, 2.24) is 0 Å². The van der Waals surface area contributed by atoms with Crippen molar-refractivity contribution in [3.05, 3.63) is 24.3 Å². The lowest BCUT2D eigenvalue weighted by molar-refractivity contribution is -0.259.